The highest BCUT2D eigenvalue weighted by Crippen LogP contribution is 2.30. The fraction of sp³-hybridized carbons (Fsp3) is 0.500. The molecule has 1 aromatic rings. The number of primary sulfonamides is 1. The zero-order chi connectivity index (χ0) is 13.2. The molecule has 1 aromatic carbocycles. The number of anilines is 1. The van der Waals surface area contributed by atoms with Gasteiger partial charge in [-0.25, -0.2) is 13.6 Å². The summed E-state index contributed by atoms with van der Waals surface area (Å²) in [6.07, 6.45) is 2.14. The summed E-state index contributed by atoms with van der Waals surface area (Å²) in [5, 5.41) is 8.42. The van der Waals surface area contributed by atoms with E-state index in [-0.39, 0.29) is 4.90 Å². The molecule has 0 amide bonds. The lowest BCUT2D eigenvalue weighted by Gasteiger charge is -2.28. The van der Waals surface area contributed by atoms with Crippen molar-refractivity contribution >= 4 is 15.7 Å². The standard InChI is InChI=1S/C12H19N3O2S/c1-14-9-10-5-4-8-15(10)11-6-2-3-7-12(11)18(13,16)17/h2-3,6-7,10,14H,4-5,8-9H2,1H3,(H2,13,16,17). The van der Waals surface area contributed by atoms with Crippen LogP contribution in [-0.2, 0) is 10.0 Å². The number of sulfonamides is 1. The topological polar surface area (TPSA) is 75.4 Å². The second-order valence-corrected chi connectivity index (χ2v) is 6.09. The molecule has 1 aliphatic heterocycles. The number of para-hydroxylation sites is 1. The summed E-state index contributed by atoms with van der Waals surface area (Å²) in [5.41, 5.74) is 0.720. The highest BCUT2D eigenvalue weighted by molar-refractivity contribution is 7.89. The second-order valence-electron chi connectivity index (χ2n) is 4.56. The van der Waals surface area contributed by atoms with Crippen molar-refractivity contribution in [3.63, 3.8) is 0 Å². The first-order valence-corrected chi connectivity index (χ1v) is 7.61. The summed E-state index contributed by atoms with van der Waals surface area (Å²) in [6, 6.07) is 7.27. The fourth-order valence-corrected chi connectivity index (χ4v) is 3.28. The molecular weight excluding hydrogens is 250 g/mol. The predicted octanol–water partition coefficient (Wildman–Crippen LogP) is 0.522. The quantitative estimate of drug-likeness (QED) is 0.835. The molecule has 0 spiro atoms. The number of nitrogens with one attached hydrogen (secondary N) is 1. The molecule has 0 bridgehead atoms. The minimum Gasteiger partial charge on any atom is -0.366 e. The molecule has 3 N–H and O–H groups in total. The number of hydrogen-bond donors (Lipinski definition) is 2. The third-order valence-corrected chi connectivity index (χ3v) is 4.26. The minimum absolute atomic E-state index is 0.216. The van der Waals surface area contributed by atoms with Crippen molar-refractivity contribution < 1.29 is 8.42 Å². The van der Waals surface area contributed by atoms with Crippen LogP contribution in [0.1, 0.15) is 12.8 Å². The average molecular weight is 269 g/mol. The van der Waals surface area contributed by atoms with Crippen LogP contribution in [0.4, 0.5) is 5.69 Å². The molecule has 0 aliphatic carbocycles. The van der Waals surface area contributed by atoms with E-state index in [0.29, 0.717) is 6.04 Å². The van der Waals surface area contributed by atoms with Crippen LogP contribution < -0.4 is 15.4 Å². The molecule has 2 rings (SSSR count). The Hall–Kier alpha value is -1.11. The molecule has 5 nitrogen and oxygen atoms in total. The molecule has 0 aromatic heterocycles. The summed E-state index contributed by atoms with van der Waals surface area (Å²) >= 11 is 0. The Balaban J connectivity index is 2.39. The van der Waals surface area contributed by atoms with Crippen molar-refractivity contribution in [2.75, 3.05) is 25.0 Å². The lowest BCUT2D eigenvalue weighted by molar-refractivity contribution is 0.593. The third-order valence-electron chi connectivity index (χ3n) is 3.30. The second kappa shape index (κ2) is 5.26. The Morgan fingerprint density at radius 2 is 2.17 bits per heavy atom. The van der Waals surface area contributed by atoms with Gasteiger partial charge in [-0.15, -0.1) is 0 Å². The van der Waals surface area contributed by atoms with Crippen LogP contribution in [-0.4, -0.2) is 34.6 Å². The van der Waals surface area contributed by atoms with E-state index in [1.807, 2.05) is 19.2 Å². The van der Waals surface area contributed by atoms with Crippen molar-refractivity contribution in [1.82, 2.24) is 5.32 Å². The fourth-order valence-electron chi connectivity index (χ4n) is 2.54. The third kappa shape index (κ3) is 2.66. The van der Waals surface area contributed by atoms with Gasteiger partial charge in [0.25, 0.3) is 0 Å². The van der Waals surface area contributed by atoms with E-state index in [2.05, 4.69) is 10.2 Å². The van der Waals surface area contributed by atoms with Gasteiger partial charge in [0.05, 0.1) is 5.69 Å². The van der Waals surface area contributed by atoms with Crippen LogP contribution in [0, 0.1) is 0 Å². The molecule has 1 saturated heterocycles. The predicted molar refractivity (Wildman–Crippen MR) is 72.1 cm³/mol. The molecule has 0 saturated carbocycles. The zero-order valence-corrected chi connectivity index (χ0v) is 11.3. The molecule has 6 heteroatoms. The summed E-state index contributed by atoms with van der Waals surface area (Å²) < 4.78 is 23.2. The summed E-state index contributed by atoms with van der Waals surface area (Å²) in [4.78, 5) is 2.35. The Morgan fingerprint density at radius 3 is 2.83 bits per heavy atom. The normalized spacial score (nSPS) is 20.3. The lowest BCUT2D eigenvalue weighted by atomic mass is 10.2. The molecule has 18 heavy (non-hydrogen) atoms. The van der Waals surface area contributed by atoms with Crippen LogP contribution in [0.5, 0.6) is 0 Å². The number of nitrogens with zero attached hydrogens (tertiary/aromatic N) is 1. The number of rotatable bonds is 4. The highest BCUT2D eigenvalue weighted by Gasteiger charge is 2.27. The maximum Gasteiger partial charge on any atom is 0.240 e. The average Bonchev–Trinajstić information content (AvgIpc) is 2.77. The van der Waals surface area contributed by atoms with E-state index in [1.165, 1.54) is 0 Å². The Labute approximate surface area is 108 Å². The Morgan fingerprint density at radius 1 is 1.44 bits per heavy atom. The van der Waals surface area contributed by atoms with Crippen molar-refractivity contribution in [2.24, 2.45) is 5.14 Å². The molecule has 100 valence electrons. The number of nitrogens with two attached hydrogens (primary N) is 1. The van der Waals surface area contributed by atoms with Crippen LogP contribution in [0.25, 0.3) is 0 Å². The molecular formula is C12H19N3O2S. The maximum atomic E-state index is 11.6. The van der Waals surface area contributed by atoms with Gasteiger partial charge in [0.1, 0.15) is 4.90 Å². The van der Waals surface area contributed by atoms with Gasteiger partial charge >= 0.3 is 0 Å². The number of benzene rings is 1. The van der Waals surface area contributed by atoms with Gasteiger partial charge in [0.2, 0.25) is 10.0 Å². The first-order valence-electron chi connectivity index (χ1n) is 6.07. The summed E-state index contributed by atoms with van der Waals surface area (Å²) in [6.45, 7) is 1.72. The Bertz CT molecular complexity index is 516. The lowest BCUT2D eigenvalue weighted by Crippen LogP contribution is -2.37. The first kappa shape index (κ1) is 13.3. The van der Waals surface area contributed by atoms with Gasteiger partial charge in [0, 0.05) is 19.1 Å². The van der Waals surface area contributed by atoms with Crippen molar-refractivity contribution in [3.05, 3.63) is 24.3 Å². The molecule has 1 unspecified atom stereocenters. The van der Waals surface area contributed by atoms with E-state index < -0.39 is 10.0 Å². The van der Waals surface area contributed by atoms with Gasteiger partial charge < -0.3 is 10.2 Å². The van der Waals surface area contributed by atoms with Crippen LogP contribution >= 0.6 is 0 Å². The van der Waals surface area contributed by atoms with Gasteiger partial charge in [-0.3, -0.25) is 0 Å². The van der Waals surface area contributed by atoms with Crippen molar-refractivity contribution in [3.8, 4) is 0 Å². The molecule has 1 atom stereocenters. The van der Waals surface area contributed by atoms with E-state index in [0.717, 1.165) is 31.6 Å². The van der Waals surface area contributed by atoms with Gasteiger partial charge in [-0.2, -0.15) is 0 Å². The minimum atomic E-state index is -3.67. The van der Waals surface area contributed by atoms with Crippen LogP contribution in [0.3, 0.4) is 0 Å². The summed E-state index contributed by atoms with van der Waals surface area (Å²) in [7, 11) is -1.77. The van der Waals surface area contributed by atoms with Crippen LogP contribution in [0.2, 0.25) is 0 Å². The smallest absolute Gasteiger partial charge is 0.240 e. The molecule has 1 heterocycles. The zero-order valence-electron chi connectivity index (χ0n) is 10.5. The number of likely N-dealkylation sites (N-methyl/N-ethyl adjacent to an activating group) is 1. The molecule has 1 aliphatic rings. The maximum absolute atomic E-state index is 11.6. The van der Waals surface area contributed by atoms with Crippen molar-refractivity contribution in [1.29, 1.82) is 0 Å². The van der Waals surface area contributed by atoms with E-state index in [1.54, 1.807) is 12.1 Å². The summed E-state index contributed by atoms with van der Waals surface area (Å²) in [5.74, 6) is 0. The van der Waals surface area contributed by atoms with Crippen LogP contribution in [0.15, 0.2) is 29.2 Å². The monoisotopic (exact) mass is 269 g/mol. The largest absolute Gasteiger partial charge is 0.366 e. The van der Waals surface area contributed by atoms with Gasteiger partial charge in [-0.05, 0) is 32.0 Å². The van der Waals surface area contributed by atoms with E-state index in [4.69, 9.17) is 5.14 Å². The van der Waals surface area contributed by atoms with Gasteiger partial charge in [-0.1, -0.05) is 12.1 Å². The van der Waals surface area contributed by atoms with E-state index in [9.17, 15) is 8.42 Å². The first-order chi connectivity index (χ1) is 8.54. The number of hydrogen-bond acceptors (Lipinski definition) is 4. The molecule has 0 radical (unpaired) electrons. The van der Waals surface area contributed by atoms with E-state index >= 15 is 0 Å². The van der Waals surface area contributed by atoms with Crippen molar-refractivity contribution in [2.45, 2.75) is 23.8 Å². The van der Waals surface area contributed by atoms with Gasteiger partial charge in [0.15, 0.2) is 0 Å². The SMILES string of the molecule is CNCC1CCCN1c1ccccc1S(N)(=O)=O. The highest BCUT2D eigenvalue weighted by atomic mass is 32.2. The Kier molecular flexibility index (Phi) is 3.89. The molecule has 1 fully saturated rings.